The number of hydrogen-bond donors (Lipinski definition) is 0. The zero-order valence-electron chi connectivity index (χ0n) is 8.49. The minimum atomic E-state index is -0.186. The predicted molar refractivity (Wildman–Crippen MR) is 54.1 cm³/mol. The molecule has 0 unspecified atom stereocenters. The van der Waals surface area contributed by atoms with Crippen molar-refractivity contribution in [3.8, 4) is 0 Å². The maximum absolute atomic E-state index is 10.9. The van der Waals surface area contributed by atoms with Crippen LogP contribution in [-0.2, 0) is 16.0 Å². The highest BCUT2D eigenvalue weighted by molar-refractivity contribution is 5.66. The van der Waals surface area contributed by atoms with Crippen LogP contribution < -0.4 is 0 Å². The van der Waals surface area contributed by atoms with Crippen LogP contribution in [0.5, 0.6) is 0 Å². The topological polar surface area (TPSA) is 26.3 Å². The van der Waals surface area contributed by atoms with E-state index in [4.69, 9.17) is 4.74 Å². The van der Waals surface area contributed by atoms with Crippen molar-refractivity contribution in [1.29, 1.82) is 0 Å². The van der Waals surface area contributed by atoms with Crippen molar-refractivity contribution < 1.29 is 9.53 Å². The van der Waals surface area contributed by atoms with Gasteiger partial charge < -0.3 is 4.74 Å². The lowest BCUT2D eigenvalue weighted by Gasteiger charge is -2.15. The molecule has 0 spiro atoms. The smallest absolute Gasteiger partial charge is 0.302 e. The molecular weight excluding hydrogens is 176 g/mol. The molecule has 0 amide bonds. The molecular formula is C12H14O2. The molecule has 1 aromatic carbocycles. The third kappa shape index (κ3) is 1.52. The first-order valence-electron chi connectivity index (χ1n) is 4.93. The van der Waals surface area contributed by atoms with Crippen LogP contribution in [0.3, 0.4) is 0 Å². The fourth-order valence-corrected chi connectivity index (χ4v) is 2.11. The number of benzene rings is 1. The first kappa shape index (κ1) is 9.25. The normalized spacial score (nSPS) is 24.4. The van der Waals surface area contributed by atoms with E-state index >= 15 is 0 Å². The van der Waals surface area contributed by atoms with E-state index in [2.05, 4.69) is 19.1 Å². The van der Waals surface area contributed by atoms with Crippen LogP contribution in [0.4, 0.5) is 0 Å². The lowest BCUT2D eigenvalue weighted by Crippen LogP contribution is -2.19. The fourth-order valence-electron chi connectivity index (χ4n) is 2.11. The van der Waals surface area contributed by atoms with E-state index < -0.39 is 0 Å². The summed E-state index contributed by atoms with van der Waals surface area (Å²) in [5, 5.41) is 0. The molecule has 0 saturated heterocycles. The van der Waals surface area contributed by atoms with Gasteiger partial charge in [0.15, 0.2) is 0 Å². The summed E-state index contributed by atoms with van der Waals surface area (Å²) in [5.74, 6) is 0.143. The van der Waals surface area contributed by atoms with Gasteiger partial charge in [0.05, 0.1) is 0 Å². The number of carbonyl (C=O) groups excluding carboxylic acids is 1. The van der Waals surface area contributed by atoms with E-state index in [0.717, 1.165) is 6.42 Å². The molecule has 1 aliphatic carbocycles. The molecule has 0 heterocycles. The minimum absolute atomic E-state index is 0.0323. The highest BCUT2D eigenvalue weighted by atomic mass is 16.5. The third-order valence-electron chi connectivity index (χ3n) is 2.84. The Hall–Kier alpha value is -1.31. The van der Waals surface area contributed by atoms with E-state index in [0.29, 0.717) is 5.92 Å². The molecule has 1 aliphatic rings. The van der Waals surface area contributed by atoms with Crippen LogP contribution in [0.1, 0.15) is 30.9 Å². The van der Waals surface area contributed by atoms with Gasteiger partial charge in [-0.3, -0.25) is 4.79 Å². The molecule has 2 heteroatoms. The average Bonchev–Trinajstić information content (AvgIpc) is 2.44. The molecule has 0 bridgehead atoms. The Morgan fingerprint density at radius 2 is 2.14 bits per heavy atom. The summed E-state index contributed by atoms with van der Waals surface area (Å²) >= 11 is 0. The summed E-state index contributed by atoms with van der Waals surface area (Å²) < 4.78 is 5.27. The molecule has 0 aromatic heterocycles. The Balaban J connectivity index is 2.21. The Bertz CT molecular complexity index is 357. The maximum atomic E-state index is 10.9. The number of rotatable bonds is 1. The van der Waals surface area contributed by atoms with Crippen LogP contribution >= 0.6 is 0 Å². The zero-order valence-corrected chi connectivity index (χ0v) is 8.49. The van der Waals surface area contributed by atoms with E-state index in [1.165, 1.54) is 18.1 Å². The van der Waals surface area contributed by atoms with Crippen LogP contribution in [0, 0.1) is 0 Å². The van der Waals surface area contributed by atoms with Crippen molar-refractivity contribution in [2.45, 2.75) is 32.3 Å². The summed E-state index contributed by atoms with van der Waals surface area (Å²) in [6, 6.07) is 8.28. The van der Waals surface area contributed by atoms with Gasteiger partial charge in [0.1, 0.15) is 6.10 Å². The van der Waals surface area contributed by atoms with Gasteiger partial charge in [0.2, 0.25) is 0 Å². The quantitative estimate of drug-likeness (QED) is 0.635. The van der Waals surface area contributed by atoms with Crippen molar-refractivity contribution in [3.63, 3.8) is 0 Å². The van der Waals surface area contributed by atoms with Crippen molar-refractivity contribution >= 4 is 5.97 Å². The highest BCUT2D eigenvalue weighted by Gasteiger charge is 2.30. The second kappa shape index (κ2) is 3.45. The molecule has 2 nitrogen and oxygen atoms in total. The molecule has 0 aliphatic heterocycles. The number of fused-ring (bicyclic) bond motifs is 1. The molecule has 0 fully saturated rings. The van der Waals surface area contributed by atoms with Gasteiger partial charge in [0, 0.05) is 19.3 Å². The summed E-state index contributed by atoms with van der Waals surface area (Å²) in [5.41, 5.74) is 2.63. The molecule has 2 rings (SSSR count). The second-order valence-corrected chi connectivity index (χ2v) is 3.84. The molecule has 0 saturated carbocycles. The van der Waals surface area contributed by atoms with Gasteiger partial charge in [-0.1, -0.05) is 31.2 Å². The highest BCUT2D eigenvalue weighted by Crippen LogP contribution is 2.34. The Kier molecular flexibility index (Phi) is 2.28. The van der Waals surface area contributed by atoms with Crippen molar-refractivity contribution in [1.82, 2.24) is 0 Å². The molecule has 74 valence electrons. The first-order valence-corrected chi connectivity index (χ1v) is 4.93. The number of hydrogen-bond acceptors (Lipinski definition) is 2. The number of esters is 1. The monoisotopic (exact) mass is 190 g/mol. The zero-order chi connectivity index (χ0) is 10.1. The van der Waals surface area contributed by atoms with Crippen molar-refractivity contribution in [2.24, 2.45) is 0 Å². The summed E-state index contributed by atoms with van der Waals surface area (Å²) in [7, 11) is 0. The molecule has 14 heavy (non-hydrogen) atoms. The summed E-state index contributed by atoms with van der Waals surface area (Å²) in [6.07, 6.45) is 0.890. The van der Waals surface area contributed by atoms with E-state index in [-0.39, 0.29) is 12.1 Å². The van der Waals surface area contributed by atoms with Crippen LogP contribution in [0.15, 0.2) is 24.3 Å². The van der Waals surface area contributed by atoms with E-state index in [9.17, 15) is 4.79 Å². The fraction of sp³-hybridized carbons (Fsp3) is 0.417. The predicted octanol–water partition coefficient (Wildman–Crippen LogP) is 2.28. The van der Waals surface area contributed by atoms with Crippen LogP contribution in [0.25, 0.3) is 0 Å². The molecule has 1 aromatic rings. The van der Waals surface area contributed by atoms with Gasteiger partial charge in [-0.2, -0.15) is 0 Å². The minimum Gasteiger partial charge on any atom is -0.462 e. The molecule has 0 N–H and O–H groups in total. The third-order valence-corrected chi connectivity index (χ3v) is 2.84. The van der Waals surface area contributed by atoms with Gasteiger partial charge >= 0.3 is 5.97 Å². The summed E-state index contributed by atoms with van der Waals surface area (Å²) in [6.45, 7) is 3.58. The van der Waals surface area contributed by atoms with Gasteiger partial charge in [-0.05, 0) is 11.1 Å². The Morgan fingerprint density at radius 3 is 2.79 bits per heavy atom. The van der Waals surface area contributed by atoms with Crippen LogP contribution in [-0.4, -0.2) is 12.1 Å². The Morgan fingerprint density at radius 1 is 1.43 bits per heavy atom. The SMILES string of the molecule is CC(=O)O[C@H]1Cc2ccccc2[C@H]1C. The Labute approximate surface area is 83.9 Å². The van der Waals surface area contributed by atoms with E-state index in [1.54, 1.807) is 0 Å². The van der Waals surface area contributed by atoms with Gasteiger partial charge in [-0.15, -0.1) is 0 Å². The number of ether oxygens (including phenoxy) is 1. The first-order chi connectivity index (χ1) is 6.68. The van der Waals surface area contributed by atoms with Crippen molar-refractivity contribution in [3.05, 3.63) is 35.4 Å². The van der Waals surface area contributed by atoms with E-state index in [1.807, 2.05) is 12.1 Å². The van der Waals surface area contributed by atoms with Crippen molar-refractivity contribution in [2.75, 3.05) is 0 Å². The molecule has 0 radical (unpaired) electrons. The van der Waals surface area contributed by atoms with Crippen LogP contribution in [0.2, 0.25) is 0 Å². The maximum Gasteiger partial charge on any atom is 0.302 e. The van der Waals surface area contributed by atoms with Gasteiger partial charge in [0.25, 0.3) is 0 Å². The lowest BCUT2D eigenvalue weighted by atomic mass is 10.0. The summed E-state index contributed by atoms with van der Waals surface area (Å²) in [4.78, 5) is 10.9. The largest absolute Gasteiger partial charge is 0.462 e. The average molecular weight is 190 g/mol. The molecule has 2 atom stereocenters. The lowest BCUT2D eigenvalue weighted by molar-refractivity contribution is -0.146. The standard InChI is InChI=1S/C12H14O2/c1-8-11-6-4-3-5-10(11)7-12(8)14-9(2)13/h3-6,8,12H,7H2,1-2H3/t8-,12+/m1/s1. The second-order valence-electron chi connectivity index (χ2n) is 3.84. The number of carbonyl (C=O) groups is 1. The van der Waals surface area contributed by atoms with Gasteiger partial charge in [-0.25, -0.2) is 0 Å².